The van der Waals surface area contributed by atoms with Crippen molar-refractivity contribution in [2.24, 2.45) is 0 Å². The van der Waals surface area contributed by atoms with Crippen LogP contribution >= 0.6 is 11.8 Å². The molecule has 146 valence electrons. The minimum atomic E-state index is -0.553. The van der Waals surface area contributed by atoms with Gasteiger partial charge in [0.25, 0.3) is 5.56 Å². The Kier molecular flexibility index (Phi) is 5.84. The molecule has 0 bridgehead atoms. The summed E-state index contributed by atoms with van der Waals surface area (Å²) in [6.07, 6.45) is 0. The molecule has 9 heteroatoms. The van der Waals surface area contributed by atoms with Gasteiger partial charge in [0, 0.05) is 0 Å². The molecule has 0 atom stereocenters. The molecule has 0 saturated heterocycles. The molecule has 0 unspecified atom stereocenters. The molecule has 0 saturated carbocycles. The number of carbonyl (C=O) groups excluding carboxylic acids is 2. The number of esters is 2. The van der Waals surface area contributed by atoms with Gasteiger partial charge in [-0.2, -0.15) is 0 Å². The van der Waals surface area contributed by atoms with Crippen LogP contribution in [0.15, 0.2) is 44.7 Å². The normalized spacial score (nSPS) is 10.8. The van der Waals surface area contributed by atoms with Crippen molar-refractivity contribution < 1.29 is 23.5 Å². The van der Waals surface area contributed by atoms with Crippen molar-refractivity contribution >= 4 is 34.6 Å². The lowest BCUT2D eigenvalue weighted by molar-refractivity contribution is -0.141. The van der Waals surface area contributed by atoms with Gasteiger partial charge in [0.1, 0.15) is 23.6 Å². The van der Waals surface area contributed by atoms with Gasteiger partial charge in [-0.3, -0.25) is 14.2 Å². The molecule has 2 aromatic heterocycles. The van der Waals surface area contributed by atoms with Gasteiger partial charge >= 0.3 is 11.9 Å². The second-order valence-corrected chi connectivity index (χ2v) is 6.78. The van der Waals surface area contributed by atoms with E-state index in [1.807, 2.05) is 0 Å². The Balaban J connectivity index is 1.95. The maximum Gasteiger partial charge on any atom is 0.341 e. The highest BCUT2D eigenvalue weighted by Crippen LogP contribution is 2.25. The first-order chi connectivity index (χ1) is 13.4. The van der Waals surface area contributed by atoms with Crippen molar-refractivity contribution in [3.8, 4) is 0 Å². The van der Waals surface area contributed by atoms with Gasteiger partial charge in [-0.1, -0.05) is 23.9 Å². The number of para-hydroxylation sites is 1. The van der Waals surface area contributed by atoms with E-state index in [-0.39, 0.29) is 12.1 Å². The quantitative estimate of drug-likeness (QED) is 0.352. The molecular weight excluding hydrogens is 384 g/mol. The SMILES string of the molecule is COC(=O)Cn1c(SCc2cc(C(=O)OC)c(C)o2)nc2ccccc2c1=O. The fourth-order valence-electron chi connectivity index (χ4n) is 2.65. The first kappa shape index (κ1) is 19.7. The second-order valence-electron chi connectivity index (χ2n) is 5.84. The zero-order valence-corrected chi connectivity index (χ0v) is 16.4. The minimum Gasteiger partial charge on any atom is -0.468 e. The van der Waals surface area contributed by atoms with Crippen LogP contribution in [-0.4, -0.2) is 35.7 Å². The number of thioether (sulfide) groups is 1. The zero-order valence-electron chi connectivity index (χ0n) is 15.6. The molecule has 0 amide bonds. The molecule has 0 spiro atoms. The molecule has 2 heterocycles. The summed E-state index contributed by atoms with van der Waals surface area (Å²) in [5.41, 5.74) is 0.544. The number of hydrogen-bond donors (Lipinski definition) is 0. The smallest absolute Gasteiger partial charge is 0.341 e. The average Bonchev–Trinajstić information content (AvgIpc) is 3.08. The van der Waals surface area contributed by atoms with E-state index in [9.17, 15) is 14.4 Å². The van der Waals surface area contributed by atoms with E-state index in [1.54, 1.807) is 37.3 Å². The topological polar surface area (TPSA) is 101 Å². The largest absolute Gasteiger partial charge is 0.468 e. The highest BCUT2D eigenvalue weighted by Gasteiger charge is 2.18. The molecule has 0 aliphatic heterocycles. The van der Waals surface area contributed by atoms with Crippen LogP contribution in [0.3, 0.4) is 0 Å². The lowest BCUT2D eigenvalue weighted by Gasteiger charge is -2.11. The van der Waals surface area contributed by atoms with E-state index < -0.39 is 11.9 Å². The average molecular weight is 402 g/mol. The van der Waals surface area contributed by atoms with Gasteiger partial charge in [-0.15, -0.1) is 0 Å². The monoisotopic (exact) mass is 402 g/mol. The van der Waals surface area contributed by atoms with Crippen molar-refractivity contribution in [3.05, 3.63) is 57.8 Å². The molecule has 0 radical (unpaired) electrons. The van der Waals surface area contributed by atoms with E-state index in [4.69, 9.17) is 13.9 Å². The van der Waals surface area contributed by atoms with Crippen LogP contribution < -0.4 is 5.56 Å². The van der Waals surface area contributed by atoms with Crippen molar-refractivity contribution in [1.29, 1.82) is 0 Å². The molecule has 0 aliphatic rings. The highest BCUT2D eigenvalue weighted by atomic mass is 32.2. The predicted molar refractivity (Wildman–Crippen MR) is 102 cm³/mol. The summed E-state index contributed by atoms with van der Waals surface area (Å²) in [4.78, 5) is 40.8. The van der Waals surface area contributed by atoms with Crippen LogP contribution in [0.2, 0.25) is 0 Å². The Bertz CT molecular complexity index is 1100. The Morgan fingerprint density at radius 3 is 2.68 bits per heavy atom. The van der Waals surface area contributed by atoms with Crippen LogP contribution in [-0.2, 0) is 26.6 Å². The Morgan fingerprint density at radius 1 is 1.21 bits per heavy atom. The van der Waals surface area contributed by atoms with Crippen LogP contribution in [0.1, 0.15) is 21.9 Å². The maximum absolute atomic E-state index is 12.8. The number of hydrogen-bond acceptors (Lipinski definition) is 8. The number of methoxy groups -OCH3 is 2. The number of ether oxygens (including phenoxy) is 2. The minimum absolute atomic E-state index is 0.250. The lowest BCUT2D eigenvalue weighted by atomic mass is 10.2. The number of rotatable bonds is 6. The summed E-state index contributed by atoms with van der Waals surface area (Å²) in [6.45, 7) is 1.42. The number of nitrogens with zero attached hydrogens (tertiary/aromatic N) is 2. The third-order valence-electron chi connectivity index (χ3n) is 4.06. The standard InChI is InChI=1S/C19H18N2O6S/c1-11-14(18(24)26-3)8-12(27-11)10-28-19-20-15-7-5-4-6-13(15)17(23)21(19)9-16(22)25-2/h4-8H,9-10H2,1-3H3. The van der Waals surface area contributed by atoms with Crippen molar-refractivity contribution in [3.63, 3.8) is 0 Å². The maximum atomic E-state index is 12.8. The van der Waals surface area contributed by atoms with Gasteiger partial charge in [-0.05, 0) is 25.1 Å². The molecule has 28 heavy (non-hydrogen) atoms. The third kappa shape index (κ3) is 3.94. The summed E-state index contributed by atoms with van der Waals surface area (Å²) in [5, 5.41) is 0.764. The van der Waals surface area contributed by atoms with E-state index in [0.29, 0.717) is 38.9 Å². The van der Waals surface area contributed by atoms with Gasteiger partial charge < -0.3 is 13.9 Å². The van der Waals surface area contributed by atoms with Crippen LogP contribution in [0.5, 0.6) is 0 Å². The first-order valence-corrected chi connectivity index (χ1v) is 9.30. The molecule has 0 fully saturated rings. The molecular formula is C19H18N2O6S. The summed E-state index contributed by atoms with van der Waals surface area (Å²) in [6, 6.07) is 8.51. The van der Waals surface area contributed by atoms with E-state index >= 15 is 0 Å². The fraction of sp³-hybridized carbons (Fsp3) is 0.263. The van der Waals surface area contributed by atoms with Crippen LogP contribution in [0, 0.1) is 6.92 Å². The Morgan fingerprint density at radius 2 is 1.96 bits per heavy atom. The van der Waals surface area contributed by atoms with Gasteiger partial charge in [0.2, 0.25) is 0 Å². The fourth-order valence-corrected chi connectivity index (χ4v) is 3.53. The lowest BCUT2D eigenvalue weighted by Crippen LogP contribution is -2.27. The summed E-state index contributed by atoms with van der Waals surface area (Å²) in [7, 11) is 2.56. The van der Waals surface area contributed by atoms with Crippen molar-refractivity contribution in [1.82, 2.24) is 9.55 Å². The predicted octanol–water partition coefficient (Wildman–Crippen LogP) is 2.55. The molecule has 1 aromatic carbocycles. The Labute approximate surface area is 164 Å². The third-order valence-corrected chi connectivity index (χ3v) is 5.06. The second kappa shape index (κ2) is 8.30. The highest BCUT2D eigenvalue weighted by molar-refractivity contribution is 7.98. The van der Waals surface area contributed by atoms with Gasteiger partial charge in [-0.25, -0.2) is 9.78 Å². The van der Waals surface area contributed by atoms with Crippen molar-refractivity contribution in [2.45, 2.75) is 24.4 Å². The Hall–Kier alpha value is -3.07. The number of furan rings is 1. The molecule has 0 N–H and O–H groups in total. The van der Waals surface area contributed by atoms with E-state index in [2.05, 4.69) is 4.98 Å². The number of fused-ring (bicyclic) bond motifs is 1. The number of aryl methyl sites for hydroxylation is 1. The summed E-state index contributed by atoms with van der Waals surface area (Å²) >= 11 is 1.22. The number of benzene rings is 1. The molecule has 3 aromatic rings. The molecule has 0 aliphatic carbocycles. The number of carbonyl (C=O) groups is 2. The van der Waals surface area contributed by atoms with Gasteiger partial charge in [0.05, 0.1) is 30.9 Å². The number of aromatic nitrogens is 2. The molecule has 8 nitrogen and oxygen atoms in total. The van der Waals surface area contributed by atoms with E-state index in [0.717, 1.165) is 0 Å². The van der Waals surface area contributed by atoms with Crippen LogP contribution in [0.25, 0.3) is 10.9 Å². The van der Waals surface area contributed by atoms with Gasteiger partial charge in [0.15, 0.2) is 5.16 Å². The van der Waals surface area contributed by atoms with E-state index in [1.165, 1.54) is 30.5 Å². The summed E-state index contributed by atoms with van der Waals surface area (Å²) < 4.78 is 16.3. The molecule has 3 rings (SSSR count). The van der Waals surface area contributed by atoms with Crippen molar-refractivity contribution in [2.75, 3.05) is 14.2 Å². The van der Waals surface area contributed by atoms with Crippen LogP contribution in [0.4, 0.5) is 0 Å². The first-order valence-electron chi connectivity index (χ1n) is 8.31. The summed E-state index contributed by atoms with van der Waals surface area (Å²) in [5.74, 6) is 0.242. The zero-order chi connectivity index (χ0) is 20.3.